The van der Waals surface area contributed by atoms with Crippen molar-refractivity contribution in [3.05, 3.63) is 58.4 Å². The summed E-state index contributed by atoms with van der Waals surface area (Å²) in [5.74, 6) is -1.00. The fourth-order valence-electron chi connectivity index (χ4n) is 3.87. The van der Waals surface area contributed by atoms with Gasteiger partial charge in [0.2, 0.25) is 10.0 Å². The number of carbonyl (C=O) groups excluding carboxylic acids is 2. The summed E-state index contributed by atoms with van der Waals surface area (Å²) in [5.41, 5.74) is 2.29. The minimum Gasteiger partial charge on any atom is -0.465 e. The van der Waals surface area contributed by atoms with Crippen LogP contribution in [0.5, 0.6) is 0 Å². The van der Waals surface area contributed by atoms with Crippen molar-refractivity contribution in [3.63, 3.8) is 0 Å². The van der Waals surface area contributed by atoms with Crippen LogP contribution in [0.15, 0.2) is 52.4 Å². The van der Waals surface area contributed by atoms with E-state index < -0.39 is 16.0 Å². The first kappa shape index (κ1) is 23.3. The van der Waals surface area contributed by atoms with E-state index in [1.807, 2.05) is 18.5 Å². The summed E-state index contributed by atoms with van der Waals surface area (Å²) in [6.07, 6.45) is 0.850. The highest BCUT2D eigenvalue weighted by atomic mass is 32.2. The number of hydrogen-bond acceptors (Lipinski definition) is 6. The number of aromatic nitrogens is 1. The van der Waals surface area contributed by atoms with Crippen LogP contribution in [0.4, 0.5) is 0 Å². The molecular weight excluding hydrogens is 462 g/mol. The lowest BCUT2D eigenvalue weighted by atomic mass is 9.98. The minimum absolute atomic E-state index is 0.252. The average molecular weight is 488 g/mol. The number of amides is 1. The number of hydrogen-bond donors (Lipinski definition) is 0. The maximum atomic E-state index is 12.9. The molecule has 0 saturated carbocycles. The first-order valence-corrected chi connectivity index (χ1v) is 12.8. The molecule has 0 N–H and O–H groups in total. The van der Waals surface area contributed by atoms with Gasteiger partial charge in [0.1, 0.15) is 0 Å². The second-order valence-electron chi connectivity index (χ2n) is 8.06. The zero-order valence-corrected chi connectivity index (χ0v) is 20.3. The van der Waals surface area contributed by atoms with E-state index in [9.17, 15) is 18.0 Å². The third-order valence-electron chi connectivity index (χ3n) is 5.90. The molecule has 10 heteroatoms. The van der Waals surface area contributed by atoms with E-state index >= 15 is 0 Å². The maximum Gasteiger partial charge on any atom is 0.337 e. The van der Waals surface area contributed by atoms with Crippen LogP contribution in [0.25, 0.3) is 10.2 Å². The maximum absolute atomic E-state index is 12.9. The Kier molecular flexibility index (Phi) is 6.51. The smallest absolute Gasteiger partial charge is 0.337 e. The molecule has 0 aliphatic carbocycles. The molecule has 1 aliphatic rings. The van der Waals surface area contributed by atoms with E-state index in [4.69, 9.17) is 4.74 Å². The normalized spacial score (nSPS) is 16.3. The van der Waals surface area contributed by atoms with Crippen molar-refractivity contribution in [2.45, 2.75) is 24.7 Å². The Balaban J connectivity index is 1.50. The Labute approximate surface area is 196 Å². The van der Waals surface area contributed by atoms with Gasteiger partial charge in [-0.05, 0) is 50.1 Å². The summed E-state index contributed by atoms with van der Waals surface area (Å²) >= 11 is 1.32. The highest BCUT2D eigenvalue weighted by Gasteiger charge is 2.32. The number of ether oxygens (including phenoxy) is 1. The number of rotatable bonds is 4. The van der Waals surface area contributed by atoms with Gasteiger partial charge in [0.15, 0.2) is 4.80 Å². The molecule has 0 spiro atoms. The van der Waals surface area contributed by atoms with Crippen LogP contribution < -0.4 is 4.80 Å². The standard InChI is InChI=1S/C23H25N3O5S2/c1-15-4-7-18(8-5-15)33(29,30)26-12-10-16(11-13-26)21(27)24-23-25(2)19-9-6-17(22(28)31-3)14-20(19)32-23/h4-9,14,16H,10-13H2,1-3H3. The summed E-state index contributed by atoms with van der Waals surface area (Å²) in [6.45, 7) is 2.47. The van der Waals surface area contributed by atoms with Crippen molar-refractivity contribution in [2.75, 3.05) is 20.2 Å². The van der Waals surface area contributed by atoms with Crippen LogP contribution in [0.2, 0.25) is 0 Å². The lowest BCUT2D eigenvalue weighted by molar-refractivity contribution is -0.122. The molecule has 3 aromatic rings. The molecule has 174 valence electrons. The van der Waals surface area contributed by atoms with E-state index in [2.05, 4.69) is 4.99 Å². The fourth-order valence-corrected chi connectivity index (χ4v) is 6.41. The van der Waals surface area contributed by atoms with Gasteiger partial charge < -0.3 is 9.30 Å². The highest BCUT2D eigenvalue weighted by molar-refractivity contribution is 7.89. The Morgan fingerprint density at radius 1 is 1.09 bits per heavy atom. The zero-order valence-electron chi connectivity index (χ0n) is 18.6. The number of carbonyl (C=O) groups is 2. The van der Waals surface area contributed by atoms with Gasteiger partial charge in [-0.2, -0.15) is 9.30 Å². The molecule has 4 rings (SSSR count). The number of piperidine rings is 1. The Bertz CT molecular complexity index is 1380. The average Bonchev–Trinajstić information content (AvgIpc) is 3.13. The molecule has 1 aliphatic heterocycles. The highest BCUT2D eigenvalue weighted by Crippen LogP contribution is 2.25. The van der Waals surface area contributed by atoms with Crippen molar-refractivity contribution in [3.8, 4) is 0 Å². The van der Waals surface area contributed by atoms with Crippen LogP contribution in [0.1, 0.15) is 28.8 Å². The monoisotopic (exact) mass is 487 g/mol. The predicted octanol–water partition coefficient (Wildman–Crippen LogP) is 2.86. The molecule has 2 aromatic carbocycles. The number of sulfonamides is 1. The number of aryl methyl sites for hydroxylation is 2. The molecule has 8 nitrogen and oxygen atoms in total. The molecule has 0 atom stereocenters. The SMILES string of the molecule is COC(=O)c1ccc2c(c1)sc(=NC(=O)C1CCN(S(=O)(=O)c3ccc(C)cc3)CC1)n2C. The number of methoxy groups -OCH3 is 1. The van der Waals surface area contributed by atoms with Gasteiger partial charge in [-0.3, -0.25) is 4.79 Å². The van der Waals surface area contributed by atoms with E-state index in [1.165, 1.54) is 22.8 Å². The fraction of sp³-hybridized carbons (Fsp3) is 0.348. The van der Waals surface area contributed by atoms with Gasteiger partial charge in [0.25, 0.3) is 5.91 Å². The summed E-state index contributed by atoms with van der Waals surface area (Å²) < 4.78 is 34.6. The Morgan fingerprint density at radius 2 is 1.76 bits per heavy atom. The van der Waals surface area contributed by atoms with Gasteiger partial charge in [-0.15, -0.1) is 0 Å². The van der Waals surface area contributed by atoms with Gasteiger partial charge in [0.05, 0.1) is 27.8 Å². The van der Waals surface area contributed by atoms with E-state index in [0.717, 1.165) is 15.8 Å². The zero-order chi connectivity index (χ0) is 23.8. The van der Waals surface area contributed by atoms with Crippen LogP contribution in [0.3, 0.4) is 0 Å². The van der Waals surface area contributed by atoms with Gasteiger partial charge in [-0.1, -0.05) is 29.0 Å². The first-order valence-electron chi connectivity index (χ1n) is 10.5. The summed E-state index contributed by atoms with van der Waals surface area (Å²) in [4.78, 5) is 29.8. The molecule has 33 heavy (non-hydrogen) atoms. The number of esters is 1. The van der Waals surface area contributed by atoms with Gasteiger partial charge in [0, 0.05) is 26.1 Å². The van der Waals surface area contributed by atoms with Crippen LogP contribution >= 0.6 is 11.3 Å². The van der Waals surface area contributed by atoms with Crippen molar-refractivity contribution in [2.24, 2.45) is 18.0 Å². The molecule has 1 saturated heterocycles. The van der Waals surface area contributed by atoms with Gasteiger partial charge >= 0.3 is 5.97 Å². The van der Waals surface area contributed by atoms with Crippen LogP contribution in [-0.2, 0) is 26.6 Å². The third-order valence-corrected chi connectivity index (χ3v) is 8.91. The summed E-state index contributed by atoms with van der Waals surface area (Å²) in [6, 6.07) is 12.0. The minimum atomic E-state index is -3.57. The lowest BCUT2D eigenvalue weighted by Gasteiger charge is -2.29. The van der Waals surface area contributed by atoms with Crippen LogP contribution in [0, 0.1) is 12.8 Å². The van der Waals surface area contributed by atoms with Crippen molar-refractivity contribution < 1.29 is 22.7 Å². The molecular formula is C23H25N3O5S2. The van der Waals surface area contributed by atoms with Crippen LogP contribution in [-0.4, -0.2) is 49.4 Å². The second-order valence-corrected chi connectivity index (χ2v) is 11.0. The van der Waals surface area contributed by atoms with E-state index in [-0.39, 0.29) is 29.8 Å². The molecule has 1 fully saturated rings. The summed E-state index contributed by atoms with van der Waals surface area (Å²) in [7, 11) is -0.423. The largest absolute Gasteiger partial charge is 0.465 e. The topological polar surface area (TPSA) is 98.0 Å². The van der Waals surface area contributed by atoms with Crippen molar-refractivity contribution >= 4 is 43.5 Å². The van der Waals surface area contributed by atoms with Crippen molar-refractivity contribution in [1.82, 2.24) is 8.87 Å². The first-order chi connectivity index (χ1) is 15.7. The number of fused-ring (bicyclic) bond motifs is 1. The molecule has 0 radical (unpaired) electrons. The van der Waals surface area contributed by atoms with E-state index in [0.29, 0.717) is 23.2 Å². The predicted molar refractivity (Wildman–Crippen MR) is 125 cm³/mol. The Morgan fingerprint density at radius 3 is 2.39 bits per heavy atom. The number of thiazole rings is 1. The second kappa shape index (κ2) is 9.20. The third kappa shape index (κ3) is 4.64. The summed E-state index contributed by atoms with van der Waals surface area (Å²) in [5, 5.41) is 0. The lowest BCUT2D eigenvalue weighted by Crippen LogP contribution is -2.40. The molecule has 1 aromatic heterocycles. The number of nitrogens with zero attached hydrogens (tertiary/aromatic N) is 3. The molecule has 0 unspecified atom stereocenters. The molecule has 0 bridgehead atoms. The quantitative estimate of drug-likeness (QED) is 0.527. The van der Waals surface area contributed by atoms with Crippen molar-refractivity contribution in [1.29, 1.82) is 0 Å². The number of benzene rings is 2. The Hall–Kier alpha value is -2.82. The molecule has 1 amide bonds. The molecule has 2 heterocycles. The van der Waals surface area contributed by atoms with Gasteiger partial charge in [-0.25, -0.2) is 13.2 Å². The van der Waals surface area contributed by atoms with E-state index in [1.54, 1.807) is 42.5 Å².